The predicted molar refractivity (Wildman–Crippen MR) is 135 cm³/mol. The van der Waals surface area contributed by atoms with Crippen molar-refractivity contribution in [3.8, 4) is 0 Å². The van der Waals surface area contributed by atoms with Crippen LogP contribution in [0.1, 0.15) is 11.3 Å². The minimum atomic E-state index is -4.16. The number of nitrogens with zero attached hydrogens (tertiary/aromatic N) is 5. The molecular weight excluding hydrogens is 556 g/mol. The number of nitrogens with two attached hydrogens (primary N) is 1. The van der Waals surface area contributed by atoms with Gasteiger partial charge in [-0.2, -0.15) is 14.4 Å². The Morgan fingerprint density at radius 1 is 1.23 bits per heavy atom. The molecule has 1 unspecified atom stereocenters. The normalized spacial score (nSPS) is 14.7. The largest absolute Gasteiger partial charge is 0.433 e. The lowest BCUT2D eigenvalue weighted by Gasteiger charge is -2.25. The number of nitrogens with one attached hydrogen (secondary N) is 1. The molecule has 0 aliphatic rings. The molecule has 0 aliphatic heterocycles. The minimum absolute atomic E-state index is 0.0145. The van der Waals surface area contributed by atoms with Crippen LogP contribution in [0, 0.1) is 16.2 Å². The molecule has 16 nitrogen and oxygen atoms in total. The Bertz CT molecular complexity index is 1490. The Hall–Kier alpha value is -3.83. The number of hydrogen-bond acceptors (Lipinski definition) is 13. The summed E-state index contributed by atoms with van der Waals surface area (Å²) in [4.78, 5) is 21.2. The van der Waals surface area contributed by atoms with Crippen molar-refractivity contribution in [2.75, 3.05) is 18.9 Å². The van der Waals surface area contributed by atoms with Crippen LogP contribution in [0.2, 0.25) is 0 Å². The van der Waals surface area contributed by atoms with E-state index in [-0.39, 0.29) is 36.0 Å². The van der Waals surface area contributed by atoms with E-state index in [2.05, 4.69) is 20.0 Å². The van der Waals surface area contributed by atoms with E-state index in [0.29, 0.717) is 0 Å². The lowest BCUT2D eigenvalue weighted by atomic mass is 10.2. The molecule has 0 spiro atoms. The van der Waals surface area contributed by atoms with Crippen molar-refractivity contribution in [1.82, 2.24) is 24.6 Å². The summed E-state index contributed by atoms with van der Waals surface area (Å²) in [7, 11) is -4.16. The molecule has 3 atom stereocenters. The van der Waals surface area contributed by atoms with Gasteiger partial charge in [-0.3, -0.25) is 23.7 Å². The van der Waals surface area contributed by atoms with Crippen LogP contribution in [0.4, 0.5) is 16.1 Å². The summed E-state index contributed by atoms with van der Waals surface area (Å²) in [5.41, 5.74) is 6.55. The summed E-state index contributed by atoms with van der Waals surface area (Å²) >= 11 is 0. The number of aliphatic hydroxyl groups excluding tert-OH is 2. The fourth-order valence-corrected chi connectivity index (χ4v) is 4.65. The van der Waals surface area contributed by atoms with Gasteiger partial charge in [0.1, 0.15) is 36.2 Å². The van der Waals surface area contributed by atoms with Crippen LogP contribution in [-0.4, -0.2) is 60.1 Å². The second-order valence-corrected chi connectivity index (χ2v) is 10.1. The highest BCUT2D eigenvalue weighted by molar-refractivity contribution is 7.51. The number of hydrogen-bond donors (Lipinski definition) is 4. The van der Waals surface area contributed by atoms with E-state index < -0.39 is 56.7 Å². The van der Waals surface area contributed by atoms with Gasteiger partial charge in [-0.15, -0.1) is 0 Å². The SMILES string of the molecule is Nc1nc(F)nc2c1ncn2CO[C@H](COP(=O)(NCc1ccccc1)OCc1ccc([N+](=O)[O-])o1)[C@H](O)CO. The van der Waals surface area contributed by atoms with Gasteiger partial charge in [-0.25, -0.2) is 14.6 Å². The van der Waals surface area contributed by atoms with Gasteiger partial charge in [-0.1, -0.05) is 30.3 Å². The number of imidazole rings is 1. The molecule has 5 N–H and O–H groups in total. The molecular formula is C22H25FN7O9P. The number of nitrogen functional groups attached to an aromatic ring is 1. The highest BCUT2D eigenvalue weighted by atomic mass is 31.2. The first-order valence-corrected chi connectivity index (χ1v) is 13.2. The van der Waals surface area contributed by atoms with Crippen LogP contribution in [0.25, 0.3) is 11.2 Å². The molecule has 214 valence electrons. The Labute approximate surface area is 225 Å². The zero-order valence-corrected chi connectivity index (χ0v) is 21.6. The summed E-state index contributed by atoms with van der Waals surface area (Å²) in [6.07, 6.45) is -2.56. The van der Waals surface area contributed by atoms with Gasteiger partial charge in [-0.05, 0) is 11.6 Å². The first kappa shape index (κ1) is 29.2. The zero-order valence-electron chi connectivity index (χ0n) is 20.7. The molecule has 0 saturated heterocycles. The maximum atomic E-state index is 13.7. The Morgan fingerprint density at radius 2 is 2.00 bits per heavy atom. The molecule has 3 aromatic heterocycles. The standard InChI is InChI=1S/C22H25FN7O9P/c23-22-27-20(24)19-21(28-22)29(12-25-19)13-36-17(16(32)9-31)11-38-40(35,26-8-14-4-2-1-3-5-14)37-10-15-6-7-18(39-15)30(33)34/h1-7,12,16-17,31-32H,8-11,13H2,(H,26,35)(H2,24,27,28)/t16-,17-,40?/m1/s1. The van der Waals surface area contributed by atoms with Gasteiger partial charge in [0.15, 0.2) is 17.0 Å². The molecule has 1 aromatic carbocycles. The molecule has 0 aliphatic carbocycles. The Morgan fingerprint density at radius 3 is 2.70 bits per heavy atom. The lowest BCUT2D eigenvalue weighted by molar-refractivity contribution is -0.402. The van der Waals surface area contributed by atoms with Gasteiger partial charge < -0.3 is 25.1 Å². The number of rotatable bonds is 15. The lowest BCUT2D eigenvalue weighted by Crippen LogP contribution is -2.37. The molecule has 0 amide bonds. The topological polar surface area (TPSA) is 223 Å². The third-order valence-corrected chi connectivity index (χ3v) is 6.94. The van der Waals surface area contributed by atoms with Crippen molar-refractivity contribution in [1.29, 1.82) is 0 Å². The maximum absolute atomic E-state index is 13.7. The Balaban J connectivity index is 1.46. The van der Waals surface area contributed by atoms with Crippen molar-refractivity contribution in [3.05, 3.63) is 76.3 Å². The number of halogens is 1. The summed E-state index contributed by atoms with van der Waals surface area (Å²) in [6, 6.07) is 11.3. The number of benzene rings is 1. The van der Waals surface area contributed by atoms with Crippen LogP contribution < -0.4 is 10.8 Å². The van der Waals surface area contributed by atoms with Gasteiger partial charge in [0, 0.05) is 6.54 Å². The molecule has 0 bridgehead atoms. The summed E-state index contributed by atoms with van der Waals surface area (Å²) in [5, 5.41) is 33.4. The van der Waals surface area contributed by atoms with Gasteiger partial charge in [0.2, 0.25) is 0 Å². The number of nitro groups is 1. The zero-order chi connectivity index (χ0) is 28.7. The number of anilines is 1. The van der Waals surface area contributed by atoms with Gasteiger partial charge >= 0.3 is 19.7 Å². The van der Waals surface area contributed by atoms with E-state index in [1.807, 2.05) is 0 Å². The first-order valence-electron chi connectivity index (χ1n) is 11.6. The molecule has 3 heterocycles. The summed E-state index contributed by atoms with van der Waals surface area (Å²) in [6.45, 7) is -2.01. The average molecular weight is 581 g/mol. The van der Waals surface area contributed by atoms with Gasteiger partial charge in [0.25, 0.3) is 0 Å². The van der Waals surface area contributed by atoms with Crippen LogP contribution in [0.15, 0.2) is 53.2 Å². The third kappa shape index (κ3) is 7.42. The quantitative estimate of drug-likeness (QED) is 0.0681. The van der Waals surface area contributed by atoms with Crippen LogP contribution >= 0.6 is 7.75 Å². The second kappa shape index (κ2) is 13.0. The van der Waals surface area contributed by atoms with Crippen molar-refractivity contribution >= 4 is 30.6 Å². The minimum Gasteiger partial charge on any atom is -0.403 e. The van der Waals surface area contributed by atoms with Crippen molar-refractivity contribution in [3.63, 3.8) is 0 Å². The fraction of sp³-hybridized carbons (Fsp3) is 0.318. The monoisotopic (exact) mass is 581 g/mol. The van der Waals surface area contributed by atoms with Crippen molar-refractivity contribution in [2.45, 2.75) is 32.1 Å². The van der Waals surface area contributed by atoms with E-state index in [0.717, 1.165) is 11.6 Å². The van der Waals surface area contributed by atoms with E-state index in [4.69, 9.17) is 23.9 Å². The second-order valence-electron chi connectivity index (χ2n) is 8.23. The number of fused-ring (bicyclic) bond motifs is 1. The van der Waals surface area contributed by atoms with Crippen LogP contribution in [0.3, 0.4) is 0 Å². The van der Waals surface area contributed by atoms with Gasteiger partial charge in [0.05, 0.1) is 25.6 Å². The summed E-state index contributed by atoms with van der Waals surface area (Å²) in [5.74, 6) is -0.688. The highest BCUT2D eigenvalue weighted by Gasteiger charge is 2.30. The fourth-order valence-electron chi connectivity index (χ4n) is 3.37. The smallest absolute Gasteiger partial charge is 0.403 e. The third-order valence-electron chi connectivity index (χ3n) is 5.44. The molecule has 4 rings (SSSR count). The molecule has 0 saturated carbocycles. The average Bonchev–Trinajstić information content (AvgIpc) is 3.59. The number of aliphatic hydroxyl groups is 2. The molecule has 4 aromatic rings. The summed E-state index contributed by atoms with van der Waals surface area (Å²) < 4.78 is 50.2. The number of furan rings is 1. The van der Waals surface area contributed by atoms with E-state index >= 15 is 0 Å². The molecule has 40 heavy (non-hydrogen) atoms. The van der Waals surface area contributed by atoms with E-state index in [1.165, 1.54) is 17.0 Å². The Kier molecular flexibility index (Phi) is 9.49. The van der Waals surface area contributed by atoms with Crippen molar-refractivity contribution in [2.24, 2.45) is 0 Å². The van der Waals surface area contributed by atoms with E-state index in [9.17, 15) is 29.3 Å². The molecule has 0 radical (unpaired) electrons. The molecule has 0 fully saturated rings. The predicted octanol–water partition coefficient (Wildman–Crippen LogP) is 1.88. The molecule has 18 heteroatoms. The van der Waals surface area contributed by atoms with E-state index in [1.54, 1.807) is 30.3 Å². The first-order chi connectivity index (χ1) is 19.2. The van der Waals surface area contributed by atoms with Crippen molar-refractivity contribution < 1.29 is 42.3 Å². The number of aromatic nitrogens is 4. The van der Waals surface area contributed by atoms with Crippen LogP contribution in [-0.2, 0) is 38.2 Å². The highest BCUT2D eigenvalue weighted by Crippen LogP contribution is 2.45. The van der Waals surface area contributed by atoms with Crippen LogP contribution in [0.5, 0.6) is 0 Å². The number of ether oxygens (including phenoxy) is 1. The maximum Gasteiger partial charge on any atom is 0.433 e.